The molecule has 2 rings (SSSR count). The highest BCUT2D eigenvalue weighted by atomic mass is 79.9. The van der Waals surface area contributed by atoms with E-state index in [1.54, 1.807) is 24.3 Å². The second-order valence-corrected chi connectivity index (χ2v) is 12.7. The SMILES string of the molecule is CC(C)(C)OC(=O)CCC(CBr)OCCBr.COC(=O)CS(=O)(=O)c1ccc(Oc2ccc(Cl)cc2)cc1. The summed E-state index contributed by atoms with van der Waals surface area (Å²) in [5.41, 5.74) is -0.405. The summed E-state index contributed by atoms with van der Waals surface area (Å²) in [7, 11) is -2.57. The van der Waals surface area contributed by atoms with Crippen molar-refractivity contribution in [3.63, 3.8) is 0 Å². The molecule has 0 saturated heterocycles. The molecule has 0 bridgehead atoms. The van der Waals surface area contributed by atoms with E-state index in [0.29, 0.717) is 36.0 Å². The van der Waals surface area contributed by atoms with Gasteiger partial charge in [0, 0.05) is 22.1 Å². The molecule has 1 unspecified atom stereocenters. The van der Waals surface area contributed by atoms with Gasteiger partial charge in [-0.05, 0) is 75.7 Å². The minimum absolute atomic E-state index is 0.0290. The number of halogens is 3. The average molecular weight is 701 g/mol. The molecule has 0 spiro atoms. The Morgan fingerprint density at radius 1 is 0.947 bits per heavy atom. The molecule has 0 radical (unpaired) electrons. The van der Waals surface area contributed by atoms with Crippen LogP contribution in [0.2, 0.25) is 5.02 Å². The molecule has 0 fully saturated rings. The number of hydrogen-bond donors (Lipinski definition) is 0. The van der Waals surface area contributed by atoms with Crippen LogP contribution in [-0.4, -0.2) is 62.2 Å². The molecule has 0 aromatic heterocycles. The lowest BCUT2D eigenvalue weighted by molar-refractivity contribution is -0.155. The summed E-state index contributed by atoms with van der Waals surface area (Å²) >= 11 is 12.4. The van der Waals surface area contributed by atoms with Crippen molar-refractivity contribution in [2.24, 2.45) is 0 Å². The van der Waals surface area contributed by atoms with E-state index in [1.165, 1.54) is 24.3 Å². The Labute approximate surface area is 246 Å². The van der Waals surface area contributed by atoms with E-state index in [1.807, 2.05) is 20.8 Å². The summed E-state index contributed by atoms with van der Waals surface area (Å²) in [6, 6.07) is 12.6. The Kier molecular flexibility index (Phi) is 15.5. The quantitative estimate of drug-likeness (QED) is 0.186. The van der Waals surface area contributed by atoms with Crippen LogP contribution in [0.25, 0.3) is 0 Å². The Bertz CT molecular complexity index is 1100. The number of benzene rings is 2. The topological polar surface area (TPSA) is 105 Å². The number of sulfone groups is 1. The summed E-state index contributed by atoms with van der Waals surface area (Å²) in [5, 5.41) is 2.14. The van der Waals surface area contributed by atoms with Crippen LogP contribution in [0.3, 0.4) is 0 Å². The summed E-state index contributed by atoms with van der Waals surface area (Å²) in [5.74, 6) is -0.614. The van der Waals surface area contributed by atoms with Crippen molar-refractivity contribution in [3.05, 3.63) is 53.6 Å². The van der Waals surface area contributed by atoms with Gasteiger partial charge in [-0.2, -0.15) is 0 Å². The van der Waals surface area contributed by atoms with E-state index in [2.05, 4.69) is 36.6 Å². The highest BCUT2D eigenvalue weighted by Gasteiger charge is 2.20. The van der Waals surface area contributed by atoms with E-state index in [-0.39, 0.29) is 17.0 Å². The summed E-state index contributed by atoms with van der Waals surface area (Å²) in [6.07, 6.45) is 1.16. The van der Waals surface area contributed by atoms with Gasteiger partial charge in [0.25, 0.3) is 0 Å². The van der Waals surface area contributed by atoms with Gasteiger partial charge in [0.1, 0.15) is 17.1 Å². The van der Waals surface area contributed by atoms with Gasteiger partial charge in [0.2, 0.25) is 0 Å². The highest BCUT2D eigenvalue weighted by Crippen LogP contribution is 2.24. The zero-order valence-electron chi connectivity index (χ0n) is 21.7. The molecule has 0 amide bonds. The van der Waals surface area contributed by atoms with Crippen LogP contribution in [-0.2, 0) is 33.6 Å². The lowest BCUT2D eigenvalue weighted by Crippen LogP contribution is -2.25. The monoisotopic (exact) mass is 698 g/mol. The van der Waals surface area contributed by atoms with Crippen molar-refractivity contribution in [1.82, 2.24) is 0 Å². The molecular weight excluding hydrogens is 668 g/mol. The lowest BCUT2D eigenvalue weighted by atomic mass is 10.2. The first-order chi connectivity index (χ1) is 17.8. The average Bonchev–Trinajstić information content (AvgIpc) is 2.85. The van der Waals surface area contributed by atoms with Crippen molar-refractivity contribution >= 4 is 65.2 Å². The van der Waals surface area contributed by atoms with Gasteiger partial charge >= 0.3 is 11.9 Å². The number of hydrogen-bond acceptors (Lipinski definition) is 8. The van der Waals surface area contributed by atoms with Crippen LogP contribution in [0.5, 0.6) is 11.5 Å². The summed E-state index contributed by atoms with van der Waals surface area (Å²) in [4.78, 5) is 22.6. The van der Waals surface area contributed by atoms with Gasteiger partial charge in [-0.25, -0.2) is 8.42 Å². The van der Waals surface area contributed by atoms with Crippen molar-refractivity contribution < 1.29 is 37.0 Å². The van der Waals surface area contributed by atoms with E-state index >= 15 is 0 Å². The Hall–Kier alpha value is -1.66. The minimum Gasteiger partial charge on any atom is -0.468 e. The van der Waals surface area contributed by atoms with Crippen molar-refractivity contribution in [2.45, 2.75) is 50.2 Å². The fraction of sp³-hybridized carbons (Fsp3) is 0.462. The van der Waals surface area contributed by atoms with Gasteiger partial charge in [-0.1, -0.05) is 43.5 Å². The smallest absolute Gasteiger partial charge is 0.321 e. The third-order valence-corrected chi connectivity index (χ3v) is 7.37. The van der Waals surface area contributed by atoms with Crippen LogP contribution in [0.4, 0.5) is 0 Å². The van der Waals surface area contributed by atoms with Crippen LogP contribution in [0.15, 0.2) is 53.4 Å². The molecule has 0 aliphatic carbocycles. The zero-order chi connectivity index (χ0) is 28.8. The fourth-order valence-electron chi connectivity index (χ4n) is 2.74. The van der Waals surface area contributed by atoms with E-state index in [4.69, 9.17) is 25.8 Å². The largest absolute Gasteiger partial charge is 0.468 e. The first kappa shape index (κ1) is 34.4. The lowest BCUT2D eigenvalue weighted by Gasteiger charge is -2.20. The zero-order valence-corrected chi connectivity index (χ0v) is 26.5. The van der Waals surface area contributed by atoms with Crippen LogP contribution >= 0.6 is 43.5 Å². The van der Waals surface area contributed by atoms with Crippen molar-refractivity contribution in [1.29, 1.82) is 0 Å². The van der Waals surface area contributed by atoms with Crippen LogP contribution in [0, 0.1) is 0 Å². The number of carbonyl (C=O) groups is 2. The predicted molar refractivity (Wildman–Crippen MR) is 154 cm³/mol. The molecule has 8 nitrogen and oxygen atoms in total. The van der Waals surface area contributed by atoms with Gasteiger partial charge in [0.15, 0.2) is 15.6 Å². The van der Waals surface area contributed by atoms with E-state index < -0.39 is 27.2 Å². The van der Waals surface area contributed by atoms with Crippen LogP contribution in [0.1, 0.15) is 33.6 Å². The van der Waals surface area contributed by atoms with Crippen molar-refractivity contribution in [3.8, 4) is 11.5 Å². The maximum atomic E-state index is 12.0. The molecule has 0 aliphatic heterocycles. The first-order valence-electron chi connectivity index (χ1n) is 11.6. The number of esters is 2. The second kappa shape index (κ2) is 17.1. The van der Waals surface area contributed by atoms with Gasteiger partial charge in [0.05, 0.1) is 24.7 Å². The third kappa shape index (κ3) is 14.5. The molecule has 0 heterocycles. The number of methoxy groups -OCH3 is 1. The predicted octanol–water partition coefficient (Wildman–Crippen LogP) is 6.36. The van der Waals surface area contributed by atoms with Gasteiger partial charge < -0.3 is 18.9 Å². The van der Waals surface area contributed by atoms with Crippen molar-refractivity contribution in [2.75, 3.05) is 30.1 Å². The number of alkyl halides is 2. The molecule has 0 N–H and O–H groups in total. The third-order valence-electron chi connectivity index (χ3n) is 4.46. The highest BCUT2D eigenvalue weighted by molar-refractivity contribution is 9.09. The number of rotatable bonds is 12. The van der Waals surface area contributed by atoms with Gasteiger partial charge in [-0.15, -0.1) is 0 Å². The molecule has 1 atom stereocenters. The normalized spacial score (nSPS) is 12.1. The summed E-state index contributed by atoms with van der Waals surface area (Å²) < 4.78 is 44.6. The maximum absolute atomic E-state index is 12.0. The molecule has 2 aromatic carbocycles. The Balaban J connectivity index is 0.000000403. The maximum Gasteiger partial charge on any atom is 0.321 e. The minimum atomic E-state index is -3.71. The number of ether oxygens (including phenoxy) is 4. The fourth-order valence-corrected chi connectivity index (χ4v) is 4.71. The van der Waals surface area contributed by atoms with Crippen LogP contribution < -0.4 is 4.74 Å². The van der Waals surface area contributed by atoms with E-state index in [9.17, 15) is 18.0 Å². The standard InChI is InChI=1S/C15H13ClO5S.C11H20Br2O3/c1-20-15(17)10-22(18,19)14-8-6-13(7-9-14)21-12-4-2-11(16)3-5-12;1-11(2,3)16-10(14)5-4-9(8-13)15-7-6-12/h2-9H,10H2,1H3;9H,4-8H2,1-3H3. The Morgan fingerprint density at radius 2 is 1.50 bits per heavy atom. The molecule has 0 aliphatic rings. The molecule has 2 aromatic rings. The summed E-state index contributed by atoms with van der Waals surface area (Å²) in [6.45, 7) is 6.27. The Morgan fingerprint density at radius 3 is 1.97 bits per heavy atom. The first-order valence-corrected chi connectivity index (χ1v) is 15.9. The molecular formula is C26H33Br2ClO8S. The van der Waals surface area contributed by atoms with Gasteiger partial charge in [-0.3, -0.25) is 9.59 Å². The number of carbonyl (C=O) groups excluding carboxylic acids is 2. The molecule has 38 heavy (non-hydrogen) atoms. The molecule has 12 heteroatoms. The molecule has 212 valence electrons. The van der Waals surface area contributed by atoms with E-state index in [0.717, 1.165) is 17.8 Å². The second-order valence-electron chi connectivity index (χ2n) is 8.82. The molecule has 0 saturated carbocycles.